The van der Waals surface area contributed by atoms with Crippen LogP contribution in [-0.4, -0.2) is 79.6 Å². The maximum atomic E-state index is 14.2. The SMILES string of the molecule is CCNC1C=CC(CC)CC1COC(=O)C12OC1(CC=C(C)CC1(C3=CCNC(N)=C3)CCCNC(=NC)N1)C(=O)c1ccccc1C2=O. The number of allylic oxidation sites excluding steroid dienone is 1. The van der Waals surface area contributed by atoms with Crippen LogP contribution in [0.25, 0.3) is 0 Å². The Morgan fingerprint density at radius 1 is 1.16 bits per heavy atom. The molecule has 1 aromatic rings. The minimum absolute atomic E-state index is 0.0360. The van der Waals surface area contributed by atoms with Gasteiger partial charge in [-0.15, -0.1) is 0 Å². The van der Waals surface area contributed by atoms with Gasteiger partial charge in [0.1, 0.15) is 0 Å². The fraction of sp³-hybridized carbons (Fsp3) is 0.526. The molecular weight excluding hydrogens is 620 g/mol. The third-order valence-corrected chi connectivity index (χ3v) is 10.8. The Labute approximate surface area is 288 Å². The molecule has 0 amide bonds. The highest BCUT2D eigenvalue weighted by Gasteiger charge is 2.85. The number of nitrogens with one attached hydrogen (secondary N) is 4. The first-order chi connectivity index (χ1) is 23.6. The molecule has 3 aliphatic heterocycles. The predicted molar refractivity (Wildman–Crippen MR) is 189 cm³/mol. The van der Waals surface area contributed by atoms with Crippen LogP contribution in [0.1, 0.15) is 80.0 Å². The molecule has 2 saturated heterocycles. The Balaban J connectivity index is 1.28. The minimum atomic E-state index is -2.02. The van der Waals surface area contributed by atoms with Gasteiger partial charge in [0.15, 0.2) is 17.3 Å². The van der Waals surface area contributed by atoms with E-state index in [1.54, 1.807) is 31.3 Å². The Morgan fingerprint density at radius 2 is 1.94 bits per heavy atom. The molecular formula is C38H50N6O5. The van der Waals surface area contributed by atoms with Crippen LogP contribution in [-0.2, 0) is 14.3 Å². The number of aliphatic imine (C=N–C) groups is 1. The molecule has 262 valence electrons. The zero-order chi connectivity index (χ0) is 34.8. The van der Waals surface area contributed by atoms with Crippen LogP contribution in [0.5, 0.6) is 0 Å². The van der Waals surface area contributed by atoms with Gasteiger partial charge >= 0.3 is 5.97 Å². The number of benzene rings is 1. The number of nitrogens with two attached hydrogens (primary N) is 1. The number of hydrogen-bond donors (Lipinski definition) is 5. The van der Waals surface area contributed by atoms with Crippen molar-refractivity contribution in [3.63, 3.8) is 0 Å². The van der Waals surface area contributed by atoms with Crippen molar-refractivity contribution in [3.05, 3.63) is 82.7 Å². The molecule has 0 radical (unpaired) electrons. The van der Waals surface area contributed by atoms with E-state index < -0.39 is 28.5 Å². The standard InChI is InChI=1S/C38H50N6O5/c1-5-25-12-13-30(41-6-2)26(20-25)23-48-34(47)38-33(46)29-11-8-7-10-28(29)32(45)37(38,49-38)17-14-24(3)22-36(27-15-19-42-31(39)21-27)16-9-18-43-35(40-4)44-36/h7-8,10-15,21,25-26,30,41-42H,5-6,9,16-20,22-23,39H2,1-4H3,(H2,40,43,44). The number of Topliss-reactive ketones (excluding diaryl/α,β-unsaturated/α-hetero) is 2. The van der Waals surface area contributed by atoms with Gasteiger partial charge in [0.25, 0.3) is 5.60 Å². The zero-order valence-electron chi connectivity index (χ0n) is 29.1. The highest BCUT2D eigenvalue weighted by atomic mass is 16.7. The number of likely N-dealkylation sites (N-methyl/N-ethyl adjacent to an activating group) is 1. The second-order valence-corrected chi connectivity index (χ2v) is 13.9. The van der Waals surface area contributed by atoms with Crippen molar-refractivity contribution in [2.24, 2.45) is 22.6 Å². The fourth-order valence-electron chi connectivity index (χ4n) is 8.09. The van der Waals surface area contributed by atoms with E-state index in [0.29, 0.717) is 30.7 Å². The van der Waals surface area contributed by atoms with E-state index in [4.69, 9.17) is 15.2 Å². The average Bonchev–Trinajstić information content (AvgIpc) is 3.86. The number of ketones is 2. The van der Waals surface area contributed by atoms with E-state index in [2.05, 4.69) is 51.4 Å². The van der Waals surface area contributed by atoms with Gasteiger partial charge < -0.3 is 36.5 Å². The minimum Gasteiger partial charge on any atom is -0.463 e. The largest absolute Gasteiger partial charge is 0.463 e. The quantitative estimate of drug-likeness (QED) is 0.102. The van der Waals surface area contributed by atoms with Gasteiger partial charge in [0.05, 0.1) is 18.0 Å². The molecule has 6 N–H and O–H groups in total. The van der Waals surface area contributed by atoms with E-state index >= 15 is 0 Å². The molecule has 2 aliphatic carbocycles. The van der Waals surface area contributed by atoms with Crippen LogP contribution in [0.15, 0.2) is 76.6 Å². The van der Waals surface area contributed by atoms with Crippen molar-refractivity contribution < 1.29 is 23.9 Å². The number of hydrogen-bond acceptors (Lipinski definition) is 9. The topological polar surface area (TPSA) is 159 Å². The highest BCUT2D eigenvalue weighted by Crippen LogP contribution is 2.58. The number of esters is 1. The number of ether oxygens (including phenoxy) is 2. The number of nitrogens with zero attached hydrogens (tertiary/aromatic N) is 1. The Kier molecular flexibility index (Phi) is 9.86. The number of rotatable bonds is 11. The predicted octanol–water partition coefficient (Wildman–Crippen LogP) is 3.45. The van der Waals surface area contributed by atoms with Crippen LogP contribution in [0.4, 0.5) is 0 Å². The van der Waals surface area contributed by atoms with Gasteiger partial charge in [-0.3, -0.25) is 14.6 Å². The van der Waals surface area contributed by atoms with E-state index in [1.807, 2.05) is 26.0 Å². The molecule has 0 bridgehead atoms. The first-order valence-electron chi connectivity index (χ1n) is 17.7. The van der Waals surface area contributed by atoms with Crippen LogP contribution >= 0.6 is 0 Å². The molecule has 0 spiro atoms. The second kappa shape index (κ2) is 14.0. The smallest absolute Gasteiger partial charge is 0.350 e. The molecule has 2 fully saturated rings. The Hall–Kier alpha value is -4.22. The summed E-state index contributed by atoms with van der Waals surface area (Å²) in [5.41, 5.74) is 4.49. The maximum absolute atomic E-state index is 14.2. The van der Waals surface area contributed by atoms with Crippen molar-refractivity contribution in [1.29, 1.82) is 0 Å². The first-order valence-corrected chi connectivity index (χ1v) is 17.7. The summed E-state index contributed by atoms with van der Waals surface area (Å²) in [4.78, 5) is 46.9. The lowest BCUT2D eigenvalue weighted by atomic mass is 9.72. The Bertz CT molecular complexity index is 1650. The van der Waals surface area contributed by atoms with E-state index in [-0.39, 0.29) is 41.9 Å². The molecule has 11 nitrogen and oxygen atoms in total. The summed E-state index contributed by atoms with van der Waals surface area (Å²) in [6.07, 6.45) is 14.6. The van der Waals surface area contributed by atoms with Gasteiger partial charge in [0.2, 0.25) is 5.78 Å². The number of dihydropyridines is 1. The van der Waals surface area contributed by atoms with E-state index in [0.717, 1.165) is 49.9 Å². The van der Waals surface area contributed by atoms with Crippen molar-refractivity contribution in [2.75, 3.05) is 33.3 Å². The Morgan fingerprint density at radius 3 is 2.65 bits per heavy atom. The van der Waals surface area contributed by atoms with Crippen LogP contribution in [0.3, 0.4) is 0 Å². The number of carbonyl (C=O) groups is 3. The van der Waals surface area contributed by atoms with Crippen LogP contribution in [0, 0.1) is 11.8 Å². The van der Waals surface area contributed by atoms with Gasteiger partial charge in [-0.25, -0.2) is 4.79 Å². The molecule has 3 heterocycles. The number of epoxide rings is 1. The number of guanidine groups is 1. The molecule has 0 saturated carbocycles. The molecule has 6 rings (SSSR count). The van der Waals surface area contributed by atoms with Crippen LogP contribution in [0.2, 0.25) is 0 Å². The number of carbonyl (C=O) groups excluding carboxylic acids is 3. The van der Waals surface area contributed by atoms with E-state index in [9.17, 15) is 14.4 Å². The molecule has 49 heavy (non-hydrogen) atoms. The van der Waals surface area contributed by atoms with Crippen molar-refractivity contribution >= 4 is 23.5 Å². The fourth-order valence-corrected chi connectivity index (χ4v) is 8.09. The number of fused-ring (bicyclic) bond motifs is 2. The second-order valence-electron chi connectivity index (χ2n) is 13.9. The third-order valence-electron chi connectivity index (χ3n) is 10.8. The third kappa shape index (κ3) is 6.23. The van der Waals surface area contributed by atoms with Gasteiger partial charge in [-0.05, 0) is 63.1 Å². The van der Waals surface area contributed by atoms with Gasteiger partial charge in [-0.1, -0.05) is 68.0 Å². The van der Waals surface area contributed by atoms with Crippen molar-refractivity contribution in [2.45, 2.75) is 82.1 Å². The highest BCUT2D eigenvalue weighted by molar-refractivity contribution is 6.32. The lowest BCUT2D eigenvalue weighted by molar-refractivity contribution is -0.149. The average molecular weight is 671 g/mol. The lowest BCUT2D eigenvalue weighted by Crippen LogP contribution is -2.52. The van der Waals surface area contributed by atoms with E-state index in [1.165, 1.54) is 0 Å². The molecule has 5 aliphatic rings. The summed E-state index contributed by atoms with van der Waals surface area (Å²) in [5, 5.41) is 13.6. The molecule has 11 heteroatoms. The normalized spacial score (nSPS) is 33.2. The van der Waals surface area contributed by atoms with Crippen LogP contribution < -0.4 is 27.0 Å². The monoisotopic (exact) mass is 670 g/mol. The molecule has 6 unspecified atom stereocenters. The molecule has 0 aromatic heterocycles. The summed E-state index contributed by atoms with van der Waals surface area (Å²) in [7, 11) is 1.74. The summed E-state index contributed by atoms with van der Waals surface area (Å²) >= 11 is 0. The molecule has 6 atom stereocenters. The molecule has 1 aromatic carbocycles. The summed E-state index contributed by atoms with van der Waals surface area (Å²) in [6, 6.07) is 6.69. The maximum Gasteiger partial charge on any atom is 0.350 e. The summed E-state index contributed by atoms with van der Waals surface area (Å²) in [5.74, 6) is 0.0361. The lowest BCUT2D eigenvalue weighted by Gasteiger charge is -2.37. The zero-order valence-corrected chi connectivity index (χ0v) is 29.1. The van der Waals surface area contributed by atoms with Gasteiger partial charge in [0, 0.05) is 49.6 Å². The van der Waals surface area contributed by atoms with Gasteiger partial charge in [-0.2, -0.15) is 0 Å². The first kappa shape index (κ1) is 34.6. The summed E-state index contributed by atoms with van der Waals surface area (Å²) < 4.78 is 12.2. The summed E-state index contributed by atoms with van der Waals surface area (Å²) in [6.45, 7) is 8.48. The van der Waals surface area contributed by atoms with Crippen molar-refractivity contribution in [3.8, 4) is 0 Å². The van der Waals surface area contributed by atoms with Crippen molar-refractivity contribution in [1.82, 2.24) is 21.3 Å².